The average molecular weight is 1360 g/mol. The standard InChI is InChI=1S/C34H37F3N8OS.C32H36F3N7S.C3H3ClO/c1-3-30(46)44-19-33(20-44)17-43(18-33)10-11-45-25(15-38)12-27-22(2)23(4-5-29(27)45)16-42-8-6-24(7-9-42)41-31-28-13-26(14-34(35,36)37)47-32(28)40-21-39-31;1-21-22(3-4-28-26(21)13-24(16-36)42(28)12-11-41-18-31(19-41)7-2-8-31)17-40-9-5-23(6-10-40)39-29-27-14-25(15-32(33,34)35)43-30(27)38-20-37-29;1-2-3(4)5/h3-5,12-13,21,24H,1,6-11,14,16-20H2,2H3,(H,39,40,41);3-4,13-14,20,23H,2,5-12,15,17-19H2,1H3,(H,37,38,39);2H,1H2. The fraction of sp³-hybridized carbons (Fsp3) is 0.478. The van der Waals surface area contributed by atoms with Crippen LogP contribution in [0, 0.1) is 47.3 Å². The van der Waals surface area contributed by atoms with Crippen LogP contribution in [0.15, 0.2) is 86.5 Å². The molecule has 1 amide bonds. The number of fused-ring (bicyclic) bond motifs is 4. The Hall–Kier alpha value is -7.49. The molecule has 8 aromatic rings. The molecule has 500 valence electrons. The lowest BCUT2D eigenvalue weighted by Crippen LogP contribution is -2.72. The van der Waals surface area contributed by atoms with E-state index in [-0.39, 0.29) is 33.2 Å². The number of carbonyl (C=O) groups is 2. The molecule has 0 atom stereocenters. The maximum Gasteiger partial charge on any atom is 0.393 e. The van der Waals surface area contributed by atoms with Crippen molar-refractivity contribution in [1.29, 1.82) is 10.5 Å². The molecule has 0 bridgehead atoms. The molecule has 2 spiro atoms. The van der Waals surface area contributed by atoms with Crippen LogP contribution in [0.1, 0.15) is 88.3 Å². The van der Waals surface area contributed by atoms with Crippen LogP contribution in [-0.4, -0.2) is 168 Å². The van der Waals surface area contributed by atoms with Crippen LogP contribution in [0.4, 0.5) is 38.0 Å². The summed E-state index contributed by atoms with van der Waals surface area (Å²) in [6.45, 7) is 25.6. The third kappa shape index (κ3) is 15.4. The van der Waals surface area contributed by atoms with Crippen LogP contribution in [0.5, 0.6) is 0 Å². The molecule has 11 heterocycles. The SMILES string of the molecule is C=CC(=O)Cl.C=CC(=O)N1CC2(CN(CCn3c(C#N)cc4c(C)c(CN5CCC(Nc6ncnc7sc(CC(F)(F)F)cc67)CC5)ccc43)C2)C1.Cc1c(CN2CCC(Nc3ncnc4sc(CC(F)(F)F)cc34)CC2)ccc2c1cc(C#N)n2CCN1CC2(CCC2)C1. The number of halogens is 7. The van der Waals surface area contributed by atoms with E-state index >= 15 is 0 Å². The highest BCUT2D eigenvalue weighted by atomic mass is 35.5. The molecule has 1 aliphatic carbocycles. The third-order valence-corrected chi connectivity index (χ3v) is 22.2. The van der Waals surface area contributed by atoms with Crippen LogP contribution in [0.25, 0.3) is 42.2 Å². The number of aryl methyl sites for hydroxylation is 2. The highest BCUT2D eigenvalue weighted by molar-refractivity contribution is 7.19. The number of amides is 1. The van der Waals surface area contributed by atoms with Crippen LogP contribution >= 0.6 is 34.3 Å². The highest BCUT2D eigenvalue weighted by Crippen LogP contribution is 2.48. The Kier molecular flexibility index (Phi) is 19.8. The largest absolute Gasteiger partial charge is 0.393 e. The topological polar surface area (TPSA) is 183 Å². The number of anilines is 2. The first kappa shape index (κ1) is 67.5. The van der Waals surface area contributed by atoms with Crippen LogP contribution in [0.2, 0.25) is 0 Å². The number of rotatable bonds is 18. The lowest BCUT2D eigenvalue weighted by molar-refractivity contribution is -0.154. The van der Waals surface area contributed by atoms with Gasteiger partial charge in [-0.3, -0.25) is 19.4 Å². The van der Waals surface area contributed by atoms with Gasteiger partial charge in [-0.2, -0.15) is 36.9 Å². The number of allylic oxidation sites excluding steroid dienone is 1. The number of hydrogen-bond donors (Lipinski definition) is 2. The maximum atomic E-state index is 12.9. The summed E-state index contributed by atoms with van der Waals surface area (Å²) < 4.78 is 81.9. The van der Waals surface area contributed by atoms with Gasteiger partial charge in [0.1, 0.15) is 57.5 Å². The molecule has 6 fully saturated rings. The molecule has 6 aromatic heterocycles. The van der Waals surface area contributed by atoms with Gasteiger partial charge in [-0.15, -0.1) is 22.7 Å². The molecule has 26 heteroatoms. The van der Waals surface area contributed by atoms with Gasteiger partial charge in [0.15, 0.2) is 0 Å². The predicted octanol–water partition coefficient (Wildman–Crippen LogP) is 12.8. The summed E-state index contributed by atoms with van der Waals surface area (Å²) in [5, 5.41) is 29.9. The van der Waals surface area contributed by atoms with Crippen molar-refractivity contribution in [2.45, 2.75) is 122 Å². The van der Waals surface area contributed by atoms with E-state index in [4.69, 9.17) is 11.6 Å². The summed E-state index contributed by atoms with van der Waals surface area (Å²) in [5.74, 6) is 1.22. The minimum absolute atomic E-state index is 0.00694. The fourth-order valence-corrected chi connectivity index (χ4v) is 16.9. The Morgan fingerprint density at radius 1 is 0.611 bits per heavy atom. The van der Waals surface area contributed by atoms with Crippen molar-refractivity contribution in [1.82, 2.24) is 53.6 Å². The first-order chi connectivity index (χ1) is 45.5. The van der Waals surface area contributed by atoms with Crippen molar-refractivity contribution in [3.05, 3.63) is 130 Å². The molecule has 14 rings (SSSR count). The van der Waals surface area contributed by atoms with E-state index < -0.39 is 30.4 Å². The normalized spacial score (nSPS) is 18.5. The van der Waals surface area contributed by atoms with E-state index in [0.717, 1.165) is 174 Å². The quantitative estimate of drug-likeness (QED) is 0.0470. The lowest BCUT2D eigenvalue weighted by atomic mass is 9.63. The number of alkyl halides is 6. The van der Waals surface area contributed by atoms with E-state index in [2.05, 4.69) is 129 Å². The zero-order chi connectivity index (χ0) is 67.0. The van der Waals surface area contributed by atoms with Crippen molar-refractivity contribution in [2.75, 3.05) is 89.2 Å². The summed E-state index contributed by atoms with van der Waals surface area (Å²) in [6.07, 6.45) is 2.61. The minimum Gasteiger partial charge on any atom is -0.367 e. The van der Waals surface area contributed by atoms with Gasteiger partial charge in [0, 0.05) is 154 Å². The number of thiophene rings is 2. The molecule has 95 heavy (non-hydrogen) atoms. The second-order valence-electron chi connectivity index (χ2n) is 26.6. The first-order valence-corrected chi connectivity index (χ1v) is 34.3. The number of carbonyl (C=O) groups excluding carboxylic acids is 2. The smallest absolute Gasteiger partial charge is 0.367 e. The van der Waals surface area contributed by atoms with Crippen LogP contribution in [-0.2, 0) is 48.6 Å². The van der Waals surface area contributed by atoms with Gasteiger partial charge in [0.25, 0.3) is 0 Å². The van der Waals surface area contributed by atoms with Gasteiger partial charge < -0.3 is 34.5 Å². The number of nitriles is 2. The Bertz CT molecular complexity index is 4250. The summed E-state index contributed by atoms with van der Waals surface area (Å²) >= 11 is 6.85. The second-order valence-corrected chi connectivity index (χ2v) is 29.2. The van der Waals surface area contributed by atoms with Gasteiger partial charge in [-0.05, 0) is 140 Å². The third-order valence-electron chi connectivity index (χ3n) is 19.9. The van der Waals surface area contributed by atoms with E-state index in [1.54, 1.807) is 12.1 Å². The average Bonchev–Trinajstić information content (AvgIpc) is 1.66. The molecular weight excluding hydrogens is 1280 g/mol. The van der Waals surface area contributed by atoms with Crippen LogP contribution < -0.4 is 10.6 Å². The van der Waals surface area contributed by atoms with Gasteiger partial charge >= 0.3 is 12.4 Å². The van der Waals surface area contributed by atoms with Crippen molar-refractivity contribution >= 4 is 99.3 Å². The number of piperidine rings is 2. The number of hydrogen-bond acceptors (Lipinski definition) is 16. The molecule has 17 nitrogen and oxygen atoms in total. The van der Waals surface area contributed by atoms with Gasteiger partial charge in [0.05, 0.1) is 23.6 Å². The second kappa shape index (κ2) is 27.9. The number of nitrogens with zero attached hydrogens (tertiary/aromatic N) is 13. The highest BCUT2D eigenvalue weighted by Gasteiger charge is 2.52. The monoisotopic (exact) mass is 1360 g/mol. The molecule has 2 aromatic carbocycles. The molecule has 5 aliphatic heterocycles. The summed E-state index contributed by atoms with van der Waals surface area (Å²) in [6, 6.07) is 21.1. The summed E-state index contributed by atoms with van der Waals surface area (Å²) in [5.41, 5.74) is 9.41. The van der Waals surface area contributed by atoms with Gasteiger partial charge in [0.2, 0.25) is 11.1 Å². The molecule has 5 saturated heterocycles. The zero-order valence-corrected chi connectivity index (χ0v) is 55.7. The summed E-state index contributed by atoms with van der Waals surface area (Å²) in [4.78, 5) is 51.7. The molecule has 2 N–H and O–H groups in total. The Morgan fingerprint density at radius 2 is 1.03 bits per heavy atom. The van der Waals surface area contributed by atoms with E-state index in [9.17, 15) is 46.5 Å². The Morgan fingerprint density at radius 3 is 1.40 bits per heavy atom. The molecular formula is C69H76ClF6N15O2S2. The van der Waals surface area contributed by atoms with Gasteiger partial charge in [-0.1, -0.05) is 31.7 Å². The van der Waals surface area contributed by atoms with E-state index in [1.807, 2.05) is 11.0 Å². The number of benzene rings is 2. The van der Waals surface area contributed by atoms with Crippen molar-refractivity contribution in [3.8, 4) is 12.1 Å². The van der Waals surface area contributed by atoms with E-state index in [1.165, 1.54) is 73.3 Å². The molecule has 6 aliphatic rings. The first-order valence-electron chi connectivity index (χ1n) is 32.3. The zero-order valence-electron chi connectivity index (χ0n) is 53.3. The maximum absolute atomic E-state index is 12.9. The van der Waals surface area contributed by atoms with Crippen LogP contribution in [0.3, 0.4) is 0 Å². The number of aromatic nitrogens is 6. The molecule has 0 radical (unpaired) electrons. The Labute approximate surface area is 560 Å². The minimum atomic E-state index is -4.26. The molecule has 0 unspecified atom stereocenters. The van der Waals surface area contributed by atoms with Crippen molar-refractivity contribution in [3.63, 3.8) is 0 Å². The van der Waals surface area contributed by atoms with E-state index in [0.29, 0.717) is 43.2 Å². The van der Waals surface area contributed by atoms with Crippen molar-refractivity contribution < 1.29 is 35.9 Å². The Balaban J connectivity index is 0.000000170. The fourth-order valence-electron chi connectivity index (χ4n) is 14.8. The summed E-state index contributed by atoms with van der Waals surface area (Å²) in [7, 11) is 0. The van der Waals surface area contributed by atoms with Crippen molar-refractivity contribution in [2.24, 2.45) is 10.8 Å². The predicted molar refractivity (Wildman–Crippen MR) is 360 cm³/mol. The molecule has 1 saturated carbocycles. The van der Waals surface area contributed by atoms with Gasteiger partial charge in [-0.25, -0.2) is 19.9 Å². The number of likely N-dealkylation sites (tertiary alicyclic amines) is 5. The number of nitrogens with one attached hydrogen (secondary N) is 2. The lowest BCUT2D eigenvalue weighted by Gasteiger charge is -2.60.